The van der Waals surface area contributed by atoms with E-state index in [2.05, 4.69) is 10.3 Å². The first kappa shape index (κ1) is 12.0. The van der Waals surface area contributed by atoms with Crippen molar-refractivity contribution in [1.29, 1.82) is 0 Å². The molecule has 1 aromatic heterocycles. The number of hydrogen-bond donors (Lipinski definition) is 1. The third-order valence-electron chi connectivity index (χ3n) is 3.35. The van der Waals surface area contributed by atoms with E-state index in [0.717, 1.165) is 19.4 Å². The van der Waals surface area contributed by atoms with E-state index in [-0.39, 0.29) is 11.2 Å². The number of piperidine rings is 1. The monoisotopic (exact) mass is 234 g/mol. The molecule has 2 rings (SSSR count). The number of hydrogen-bond acceptors (Lipinski definition) is 4. The van der Waals surface area contributed by atoms with Crippen molar-refractivity contribution in [2.45, 2.75) is 19.8 Å². The number of Topliss-reactive ketones (excluding diaryl/α,β-unsaturated/α-hetero) is 1. The number of nitrogens with zero attached hydrogens (tertiary/aromatic N) is 1. The summed E-state index contributed by atoms with van der Waals surface area (Å²) in [6, 6.07) is 3.55. The molecule has 1 aliphatic rings. The molecule has 0 radical (unpaired) electrons. The van der Waals surface area contributed by atoms with Gasteiger partial charge in [0, 0.05) is 18.2 Å². The van der Waals surface area contributed by atoms with Crippen LogP contribution in [-0.4, -0.2) is 31.0 Å². The summed E-state index contributed by atoms with van der Waals surface area (Å²) in [6.45, 7) is 3.70. The van der Waals surface area contributed by atoms with E-state index in [1.165, 1.54) is 0 Å². The van der Waals surface area contributed by atoms with E-state index in [1.54, 1.807) is 25.4 Å². The van der Waals surface area contributed by atoms with Crippen molar-refractivity contribution in [3.63, 3.8) is 0 Å². The Labute approximate surface area is 101 Å². The fraction of sp³-hybridized carbons (Fsp3) is 0.538. The minimum atomic E-state index is -0.361. The van der Waals surface area contributed by atoms with Gasteiger partial charge in [0.2, 0.25) is 0 Å². The molecule has 0 aromatic carbocycles. The number of pyridine rings is 1. The second-order valence-electron chi connectivity index (χ2n) is 4.72. The maximum atomic E-state index is 12.5. The predicted molar refractivity (Wildman–Crippen MR) is 65.3 cm³/mol. The lowest BCUT2D eigenvalue weighted by Crippen LogP contribution is -2.43. The van der Waals surface area contributed by atoms with E-state index in [9.17, 15) is 4.79 Å². The van der Waals surface area contributed by atoms with Crippen LogP contribution >= 0.6 is 0 Å². The summed E-state index contributed by atoms with van der Waals surface area (Å²) in [4.78, 5) is 16.7. The molecule has 0 saturated carbocycles. The molecule has 0 amide bonds. The van der Waals surface area contributed by atoms with Crippen LogP contribution in [0, 0.1) is 5.41 Å². The molecule has 0 bridgehead atoms. The molecule has 17 heavy (non-hydrogen) atoms. The van der Waals surface area contributed by atoms with Gasteiger partial charge in [-0.3, -0.25) is 4.79 Å². The van der Waals surface area contributed by atoms with Gasteiger partial charge in [-0.2, -0.15) is 0 Å². The fourth-order valence-corrected chi connectivity index (χ4v) is 2.26. The number of aromatic nitrogens is 1. The predicted octanol–water partition coefficient (Wildman–Crippen LogP) is 1.66. The summed E-state index contributed by atoms with van der Waals surface area (Å²) in [5.41, 5.74) is 0.0843. The molecule has 1 saturated heterocycles. The summed E-state index contributed by atoms with van der Waals surface area (Å²) >= 11 is 0. The Bertz CT molecular complexity index is 412. The number of ether oxygens (including phenoxy) is 1. The molecule has 1 fully saturated rings. The maximum Gasteiger partial charge on any atom is 0.192 e. The molecular weight excluding hydrogens is 216 g/mol. The van der Waals surface area contributed by atoms with E-state index < -0.39 is 0 Å². The van der Waals surface area contributed by atoms with Crippen molar-refractivity contribution in [3.8, 4) is 5.75 Å². The Morgan fingerprint density at radius 2 is 2.41 bits per heavy atom. The summed E-state index contributed by atoms with van der Waals surface area (Å²) in [6.07, 6.45) is 3.56. The van der Waals surface area contributed by atoms with Gasteiger partial charge >= 0.3 is 0 Å². The number of methoxy groups -OCH3 is 1. The van der Waals surface area contributed by atoms with Gasteiger partial charge in [0.25, 0.3) is 0 Å². The van der Waals surface area contributed by atoms with Gasteiger partial charge in [-0.05, 0) is 31.5 Å². The van der Waals surface area contributed by atoms with E-state index in [1.807, 2.05) is 6.92 Å². The van der Waals surface area contributed by atoms with Crippen molar-refractivity contribution in [3.05, 3.63) is 24.0 Å². The van der Waals surface area contributed by atoms with Crippen molar-refractivity contribution in [2.24, 2.45) is 5.41 Å². The Hall–Kier alpha value is -1.42. The number of carbonyl (C=O) groups is 1. The second-order valence-corrected chi connectivity index (χ2v) is 4.72. The normalized spacial score (nSPS) is 24.4. The molecular formula is C13H18N2O2. The first-order chi connectivity index (χ1) is 8.17. The van der Waals surface area contributed by atoms with Gasteiger partial charge in [0.05, 0.1) is 7.11 Å². The smallest absolute Gasteiger partial charge is 0.192 e. The maximum absolute atomic E-state index is 12.5. The first-order valence-electron chi connectivity index (χ1n) is 5.92. The van der Waals surface area contributed by atoms with E-state index >= 15 is 0 Å². The molecule has 1 N–H and O–H groups in total. The molecule has 0 spiro atoms. The molecule has 4 nitrogen and oxygen atoms in total. The van der Waals surface area contributed by atoms with Crippen LogP contribution < -0.4 is 10.1 Å². The highest BCUT2D eigenvalue weighted by Crippen LogP contribution is 2.31. The van der Waals surface area contributed by atoms with Crippen LogP contribution in [0.15, 0.2) is 18.3 Å². The Kier molecular flexibility index (Phi) is 3.43. The zero-order valence-corrected chi connectivity index (χ0v) is 10.3. The lowest BCUT2D eigenvalue weighted by atomic mass is 9.77. The number of ketones is 1. The van der Waals surface area contributed by atoms with E-state index in [4.69, 9.17) is 4.74 Å². The molecule has 1 aromatic rings. The summed E-state index contributed by atoms with van der Waals surface area (Å²) in [5, 5.41) is 3.27. The molecule has 2 heterocycles. The molecule has 92 valence electrons. The van der Waals surface area contributed by atoms with Gasteiger partial charge < -0.3 is 10.1 Å². The third-order valence-corrected chi connectivity index (χ3v) is 3.35. The fourth-order valence-electron chi connectivity index (χ4n) is 2.26. The van der Waals surface area contributed by atoms with Crippen LogP contribution in [0.5, 0.6) is 5.75 Å². The Morgan fingerprint density at radius 1 is 1.59 bits per heavy atom. The van der Waals surface area contributed by atoms with Gasteiger partial charge in [0.1, 0.15) is 11.4 Å². The zero-order chi connectivity index (χ0) is 12.3. The van der Waals surface area contributed by atoms with Gasteiger partial charge in [-0.15, -0.1) is 0 Å². The van der Waals surface area contributed by atoms with Crippen molar-refractivity contribution >= 4 is 5.78 Å². The average Bonchev–Trinajstić information content (AvgIpc) is 2.38. The van der Waals surface area contributed by atoms with Crippen molar-refractivity contribution < 1.29 is 9.53 Å². The van der Waals surface area contributed by atoms with Gasteiger partial charge in [-0.1, -0.05) is 6.92 Å². The zero-order valence-electron chi connectivity index (χ0n) is 10.3. The van der Waals surface area contributed by atoms with Crippen LogP contribution in [-0.2, 0) is 0 Å². The highest BCUT2D eigenvalue weighted by molar-refractivity contribution is 6.01. The minimum Gasteiger partial charge on any atom is -0.494 e. The highest BCUT2D eigenvalue weighted by Gasteiger charge is 2.37. The number of rotatable bonds is 3. The van der Waals surface area contributed by atoms with Crippen molar-refractivity contribution in [2.75, 3.05) is 20.2 Å². The Balaban J connectivity index is 2.29. The summed E-state index contributed by atoms with van der Waals surface area (Å²) in [5.74, 6) is 0.631. The molecule has 1 unspecified atom stereocenters. The lowest BCUT2D eigenvalue weighted by molar-refractivity contribution is 0.0763. The molecule has 4 heteroatoms. The summed E-state index contributed by atoms with van der Waals surface area (Å²) in [7, 11) is 1.56. The molecule has 1 aliphatic heterocycles. The highest BCUT2D eigenvalue weighted by atomic mass is 16.5. The standard InChI is InChI=1S/C13H18N2O2/c1-13(6-4-7-14-9-13)12(16)11-10(17-2)5-3-8-15-11/h3,5,8,14H,4,6-7,9H2,1-2H3. The van der Waals surface area contributed by atoms with Gasteiger partial charge in [-0.25, -0.2) is 4.98 Å². The lowest BCUT2D eigenvalue weighted by Gasteiger charge is -2.32. The number of nitrogens with one attached hydrogen (secondary N) is 1. The van der Waals surface area contributed by atoms with Crippen LogP contribution in [0.4, 0.5) is 0 Å². The largest absolute Gasteiger partial charge is 0.494 e. The number of carbonyl (C=O) groups excluding carboxylic acids is 1. The van der Waals surface area contributed by atoms with E-state index in [0.29, 0.717) is 18.0 Å². The Morgan fingerprint density at radius 3 is 3.06 bits per heavy atom. The quantitative estimate of drug-likeness (QED) is 0.808. The topological polar surface area (TPSA) is 51.2 Å². The minimum absolute atomic E-state index is 0.0714. The van der Waals surface area contributed by atoms with Crippen LogP contribution in [0.3, 0.4) is 0 Å². The third kappa shape index (κ3) is 2.31. The average molecular weight is 234 g/mol. The van der Waals surface area contributed by atoms with Crippen molar-refractivity contribution in [1.82, 2.24) is 10.3 Å². The second kappa shape index (κ2) is 4.84. The molecule has 1 atom stereocenters. The first-order valence-corrected chi connectivity index (χ1v) is 5.92. The SMILES string of the molecule is COc1cccnc1C(=O)C1(C)CCCNC1. The van der Waals surface area contributed by atoms with Gasteiger partial charge in [0.15, 0.2) is 5.78 Å². The van der Waals surface area contributed by atoms with Crippen LogP contribution in [0.1, 0.15) is 30.3 Å². The van der Waals surface area contributed by atoms with Crippen LogP contribution in [0.25, 0.3) is 0 Å². The van der Waals surface area contributed by atoms with Crippen LogP contribution in [0.2, 0.25) is 0 Å². The summed E-state index contributed by atoms with van der Waals surface area (Å²) < 4.78 is 5.20. The molecule has 0 aliphatic carbocycles.